The van der Waals surface area contributed by atoms with Gasteiger partial charge < -0.3 is 7.16 Å². The molecule has 0 saturated carbocycles. The zero-order valence-corrected chi connectivity index (χ0v) is 16.8. The fraction of sp³-hybridized carbons (Fsp3) is 1.00. The van der Waals surface area contributed by atoms with Gasteiger partial charge in [0, 0.05) is 6.54 Å². The van der Waals surface area contributed by atoms with E-state index in [1.54, 1.807) is 6.92 Å². The van der Waals surface area contributed by atoms with E-state index in [1.807, 2.05) is 0 Å². The molecule has 7 heteroatoms. The standard InChI is InChI=1S/C14H31NO4S.Na.H/c1-3-4-5-6-7-8-9-10-11-14(2)19-20(16,17)18-13-12-15;;/h14H,3-13,15H2,1-2H3;;/q;+1;-1. The summed E-state index contributed by atoms with van der Waals surface area (Å²) in [6.07, 6.45) is 10.2. The van der Waals surface area contributed by atoms with Crippen molar-refractivity contribution in [3.05, 3.63) is 0 Å². The molecule has 0 spiro atoms. The average Bonchev–Trinajstić information content (AvgIpc) is 2.39. The van der Waals surface area contributed by atoms with Gasteiger partial charge in [-0.15, -0.1) is 0 Å². The normalized spacial score (nSPS) is 12.9. The molecule has 0 aromatic rings. The van der Waals surface area contributed by atoms with Gasteiger partial charge in [0.2, 0.25) is 0 Å². The van der Waals surface area contributed by atoms with E-state index in [-0.39, 0.29) is 50.2 Å². The van der Waals surface area contributed by atoms with E-state index in [1.165, 1.54) is 38.5 Å². The van der Waals surface area contributed by atoms with Crippen molar-refractivity contribution in [1.82, 2.24) is 0 Å². The van der Waals surface area contributed by atoms with E-state index in [9.17, 15) is 8.42 Å². The minimum absolute atomic E-state index is 0. The van der Waals surface area contributed by atoms with Crippen molar-refractivity contribution in [2.24, 2.45) is 5.73 Å². The molecule has 5 nitrogen and oxygen atoms in total. The number of unbranched alkanes of at least 4 members (excludes halogenated alkanes) is 7. The number of hydrogen-bond donors (Lipinski definition) is 1. The van der Waals surface area contributed by atoms with Gasteiger partial charge in [-0.2, -0.15) is 8.42 Å². The summed E-state index contributed by atoms with van der Waals surface area (Å²) < 4.78 is 32.1. The Bertz CT molecular complexity index is 318. The molecule has 1 atom stereocenters. The Kier molecular flexibility index (Phi) is 18.0. The van der Waals surface area contributed by atoms with Crippen LogP contribution in [0.3, 0.4) is 0 Å². The van der Waals surface area contributed by atoms with Gasteiger partial charge in [-0.05, 0) is 13.3 Å². The Morgan fingerprint density at radius 1 is 1.05 bits per heavy atom. The van der Waals surface area contributed by atoms with Crippen molar-refractivity contribution in [3.8, 4) is 0 Å². The van der Waals surface area contributed by atoms with E-state index in [2.05, 4.69) is 11.1 Å². The summed E-state index contributed by atoms with van der Waals surface area (Å²) in [6, 6.07) is 0. The fourth-order valence-electron chi connectivity index (χ4n) is 1.99. The van der Waals surface area contributed by atoms with Crippen LogP contribution in [-0.4, -0.2) is 27.7 Å². The monoisotopic (exact) mass is 333 g/mol. The van der Waals surface area contributed by atoms with Crippen molar-refractivity contribution in [2.75, 3.05) is 13.2 Å². The van der Waals surface area contributed by atoms with Crippen LogP contribution >= 0.6 is 0 Å². The molecule has 0 fully saturated rings. The van der Waals surface area contributed by atoms with Gasteiger partial charge in [-0.1, -0.05) is 58.3 Å². The third-order valence-corrected chi connectivity index (χ3v) is 4.11. The third-order valence-electron chi connectivity index (χ3n) is 3.09. The molecule has 0 aromatic carbocycles. The largest absolute Gasteiger partial charge is 1.00 e. The second-order valence-corrected chi connectivity index (χ2v) is 6.43. The van der Waals surface area contributed by atoms with Gasteiger partial charge in [0.1, 0.15) is 0 Å². The summed E-state index contributed by atoms with van der Waals surface area (Å²) in [5.41, 5.74) is 5.18. The van der Waals surface area contributed by atoms with Crippen LogP contribution < -0.4 is 35.3 Å². The Morgan fingerprint density at radius 3 is 2.10 bits per heavy atom. The summed E-state index contributed by atoms with van der Waals surface area (Å²) in [4.78, 5) is 0. The van der Waals surface area contributed by atoms with Crippen LogP contribution in [0.25, 0.3) is 0 Å². The predicted octanol–water partition coefficient (Wildman–Crippen LogP) is 0.259. The van der Waals surface area contributed by atoms with Gasteiger partial charge in [0.05, 0.1) is 12.7 Å². The van der Waals surface area contributed by atoms with Gasteiger partial charge in [0.25, 0.3) is 0 Å². The molecule has 0 heterocycles. The molecule has 0 aromatic heterocycles. The van der Waals surface area contributed by atoms with Crippen molar-refractivity contribution in [1.29, 1.82) is 0 Å². The van der Waals surface area contributed by atoms with Crippen molar-refractivity contribution in [2.45, 2.75) is 77.7 Å². The van der Waals surface area contributed by atoms with Crippen molar-refractivity contribution in [3.63, 3.8) is 0 Å². The van der Waals surface area contributed by atoms with E-state index < -0.39 is 10.4 Å². The minimum Gasteiger partial charge on any atom is -1.00 e. The molecule has 124 valence electrons. The number of rotatable bonds is 14. The smallest absolute Gasteiger partial charge is 1.00 e. The summed E-state index contributed by atoms with van der Waals surface area (Å²) in [5, 5.41) is 0. The van der Waals surface area contributed by atoms with Crippen LogP contribution in [0.15, 0.2) is 0 Å². The Balaban J connectivity index is -0.00000180. The van der Waals surface area contributed by atoms with Crippen LogP contribution in [0.1, 0.15) is 73.1 Å². The van der Waals surface area contributed by atoms with Crippen LogP contribution in [0.5, 0.6) is 0 Å². The maximum Gasteiger partial charge on any atom is 1.00 e. The Labute approximate surface area is 154 Å². The van der Waals surface area contributed by atoms with Gasteiger partial charge in [0.15, 0.2) is 0 Å². The van der Waals surface area contributed by atoms with Crippen molar-refractivity contribution < 1.29 is 47.8 Å². The summed E-state index contributed by atoms with van der Waals surface area (Å²) in [6.45, 7) is 4.10. The summed E-state index contributed by atoms with van der Waals surface area (Å²) in [7, 11) is -3.88. The quantitative estimate of drug-likeness (QED) is 0.364. The van der Waals surface area contributed by atoms with Crippen LogP contribution in [0.2, 0.25) is 0 Å². The fourth-order valence-corrected chi connectivity index (χ4v) is 2.85. The zero-order valence-electron chi connectivity index (χ0n) is 15.0. The summed E-state index contributed by atoms with van der Waals surface area (Å²) >= 11 is 0. The van der Waals surface area contributed by atoms with Gasteiger partial charge in [-0.25, -0.2) is 8.37 Å². The first-order valence-electron chi connectivity index (χ1n) is 7.79. The molecule has 1 unspecified atom stereocenters. The van der Waals surface area contributed by atoms with Crippen LogP contribution in [-0.2, 0) is 18.8 Å². The van der Waals surface area contributed by atoms with E-state index in [4.69, 9.17) is 9.92 Å². The maximum atomic E-state index is 11.3. The van der Waals surface area contributed by atoms with Gasteiger partial charge in [-0.3, -0.25) is 0 Å². The molecule has 0 amide bonds. The molecule has 0 rings (SSSR count). The molecule has 21 heavy (non-hydrogen) atoms. The first-order chi connectivity index (χ1) is 9.52. The molecular weight excluding hydrogens is 301 g/mol. The van der Waals surface area contributed by atoms with E-state index >= 15 is 0 Å². The molecule has 2 N–H and O–H groups in total. The first-order valence-corrected chi connectivity index (χ1v) is 9.13. The second-order valence-electron chi connectivity index (χ2n) is 5.19. The van der Waals surface area contributed by atoms with Gasteiger partial charge >= 0.3 is 40.0 Å². The minimum atomic E-state index is -3.88. The SMILES string of the molecule is CCCCCCCCCCC(C)OS(=O)(=O)OCCN.[H-].[Na+]. The second kappa shape index (κ2) is 15.7. The van der Waals surface area contributed by atoms with E-state index in [0.29, 0.717) is 0 Å². The predicted molar refractivity (Wildman–Crippen MR) is 82.8 cm³/mol. The molecular formula is C14H32NNaO4S. The molecule has 0 aliphatic rings. The first kappa shape index (κ1) is 24.1. The summed E-state index contributed by atoms with van der Waals surface area (Å²) in [5.74, 6) is 0. The van der Waals surface area contributed by atoms with Crippen LogP contribution in [0, 0.1) is 0 Å². The molecule has 0 aliphatic heterocycles. The zero-order chi connectivity index (χ0) is 15.3. The third kappa shape index (κ3) is 17.0. The Morgan fingerprint density at radius 2 is 1.57 bits per heavy atom. The number of hydrogen-bond acceptors (Lipinski definition) is 5. The molecule has 0 saturated heterocycles. The van der Waals surface area contributed by atoms with Crippen LogP contribution in [0.4, 0.5) is 0 Å². The molecule has 0 radical (unpaired) electrons. The Hall–Kier alpha value is 0.830. The number of nitrogens with two attached hydrogens (primary N) is 1. The average molecular weight is 333 g/mol. The van der Waals surface area contributed by atoms with E-state index in [0.717, 1.165) is 19.3 Å². The molecule has 0 bridgehead atoms. The topological polar surface area (TPSA) is 78.6 Å². The van der Waals surface area contributed by atoms with Crippen molar-refractivity contribution >= 4 is 10.4 Å². The maximum absolute atomic E-state index is 11.3. The molecule has 0 aliphatic carbocycles.